The second-order valence-electron chi connectivity index (χ2n) is 26.4. The lowest BCUT2D eigenvalue weighted by atomic mass is 10.0. The van der Waals surface area contributed by atoms with E-state index >= 15 is 0 Å². The molecule has 634 valence electrons. The first-order chi connectivity index (χ1) is 53.8. The van der Waals surface area contributed by atoms with Gasteiger partial charge in [0, 0.05) is 25.1 Å². The van der Waals surface area contributed by atoms with Crippen LogP contribution in [0.1, 0.15) is 70.9 Å². The molecule has 0 unspecified atom stereocenters. The van der Waals surface area contributed by atoms with Crippen LogP contribution in [0.25, 0.3) is 0 Å². The number of primary amides is 1. The molecule has 0 spiro atoms. The maximum Gasteiger partial charge on any atom is 0.326 e. The standard InChI is InChI=1S/C68H106N20O24S2/c1-33(2)20-41(62(106)88-54(34(3)4)67(111)112)77-51(96)25-76-57(101)45(27-89)85-66(110)49(31-93)87-64(108)47(29-91)79-53(98)26-75-56(100)42(21-35-10-7-6-8-11-35)82-65(109)48(30-92)86-59(103)40(17-19-114-5)81-58(102)39(12-9-18-73-68(71)72)80-61(105)44(23-50(70)95)84-60(104)43(22-36-13-15-37(94)16-14-36)83-63(107)46(28-90)78-52(97)24-74-55(99)38(69)32-113/h6-8,10-11,13-16,33-34,38-49,54,89-94,113H,9,12,17-32,69H2,1-5H3,(H2,70,95)(H,74,99)(H,75,100)(H,76,101)(H,77,96)(H,78,97)(H,79,98)(H,80,105)(H,81,102)(H,82,109)(H,83,107)(H,84,104)(H,85,110)(H,86,103)(H,87,108)(H,88,106)(H,111,112)(H4,71,72,73)/t38-,39-,40-,41-,42-,43-,44-,45-,46-,47-,48-,49-,54-/m0/s1. The van der Waals surface area contributed by atoms with Gasteiger partial charge < -0.3 is 138 Å². The van der Waals surface area contributed by atoms with Crippen molar-refractivity contribution in [2.45, 2.75) is 151 Å². The van der Waals surface area contributed by atoms with E-state index < -0.39 is 250 Å². The zero-order valence-electron chi connectivity index (χ0n) is 63.3. The van der Waals surface area contributed by atoms with Crippen LogP contribution in [0.5, 0.6) is 5.75 Å². The molecular weight excluding hydrogens is 1540 g/mol. The topological polar surface area (TPSA) is 729 Å². The molecule has 46 heteroatoms. The lowest BCUT2D eigenvalue weighted by molar-refractivity contribution is -0.143. The number of carbonyl (C=O) groups is 17. The fourth-order valence-corrected chi connectivity index (χ4v) is 10.8. The SMILES string of the molecule is CSCC[C@H](NC(=O)[C@H](CCCN=C(N)N)NC(=O)[C@H](CC(N)=O)NC(=O)[C@H](Cc1ccc(O)cc1)NC(=O)[C@H](CO)NC(=O)CNC(=O)[C@@H](N)CS)C(=O)N[C@@H](CO)C(=O)N[C@@H](Cc1ccccc1)C(=O)NCC(=O)N[C@@H](CO)C(=O)N[C@@H](CO)C(=O)N[C@@H](CO)C(=O)NCC(=O)N[C@@H](CC(C)C)C(=O)N[C@H](C(=O)O)C(C)C. The molecular formula is C68H106N20O24S2. The molecule has 0 aromatic heterocycles. The van der Waals surface area contributed by atoms with Crippen LogP contribution in [0.2, 0.25) is 0 Å². The van der Waals surface area contributed by atoms with Crippen molar-refractivity contribution in [2.24, 2.45) is 39.8 Å². The van der Waals surface area contributed by atoms with Crippen LogP contribution in [0.3, 0.4) is 0 Å². The minimum atomic E-state index is -1.94. The number of nitrogens with zero attached hydrogens (tertiary/aromatic N) is 1. The second-order valence-corrected chi connectivity index (χ2v) is 27.7. The molecule has 0 aliphatic rings. The smallest absolute Gasteiger partial charge is 0.326 e. The number of rotatable bonds is 53. The number of carbonyl (C=O) groups excluding carboxylic acids is 16. The van der Waals surface area contributed by atoms with E-state index in [9.17, 15) is 117 Å². The van der Waals surface area contributed by atoms with Crippen molar-refractivity contribution >= 4 is 131 Å². The van der Waals surface area contributed by atoms with E-state index in [4.69, 9.17) is 22.9 Å². The number of thiol groups is 1. The van der Waals surface area contributed by atoms with Gasteiger partial charge in [0.05, 0.1) is 65.1 Å². The summed E-state index contributed by atoms with van der Waals surface area (Å²) in [6, 6.07) is -8.32. The van der Waals surface area contributed by atoms with Crippen LogP contribution >= 0.6 is 24.4 Å². The number of aromatic hydroxyl groups is 1. The number of nitrogens with two attached hydrogens (primary N) is 4. The number of carboxylic acids is 1. The van der Waals surface area contributed by atoms with Crippen molar-refractivity contribution in [3.05, 3.63) is 65.7 Å². The van der Waals surface area contributed by atoms with Gasteiger partial charge in [0.15, 0.2) is 5.96 Å². The monoisotopic (exact) mass is 1650 g/mol. The number of aliphatic imine (C=N–C) groups is 1. The van der Waals surface area contributed by atoms with Gasteiger partial charge in [0.2, 0.25) is 94.5 Å². The Bertz CT molecular complexity index is 3620. The maximum atomic E-state index is 14.4. The summed E-state index contributed by atoms with van der Waals surface area (Å²) in [4.78, 5) is 231. The van der Waals surface area contributed by atoms with E-state index in [-0.39, 0.29) is 67.8 Å². The Morgan fingerprint density at radius 1 is 0.439 bits per heavy atom. The van der Waals surface area contributed by atoms with Crippen molar-refractivity contribution in [3.63, 3.8) is 0 Å². The van der Waals surface area contributed by atoms with Crippen LogP contribution < -0.4 is 103 Å². The molecule has 0 aliphatic heterocycles. The van der Waals surface area contributed by atoms with Crippen LogP contribution in [0.15, 0.2) is 59.6 Å². The average Bonchev–Trinajstić information content (AvgIpc) is 0.855. The van der Waals surface area contributed by atoms with Crippen molar-refractivity contribution in [1.29, 1.82) is 0 Å². The highest BCUT2D eigenvalue weighted by molar-refractivity contribution is 7.98. The zero-order valence-corrected chi connectivity index (χ0v) is 65.0. The van der Waals surface area contributed by atoms with Gasteiger partial charge in [-0.05, 0) is 72.8 Å². The lowest BCUT2D eigenvalue weighted by Gasteiger charge is -2.27. The summed E-state index contributed by atoms with van der Waals surface area (Å²) in [7, 11) is 0. The van der Waals surface area contributed by atoms with Crippen LogP contribution in [0.4, 0.5) is 0 Å². The molecule has 0 fully saturated rings. The minimum Gasteiger partial charge on any atom is -0.508 e. The summed E-state index contributed by atoms with van der Waals surface area (Å²) in [5.74, 6) is -20.1. The van der Waals surface area contributed by atoms with Crippen molar-refractivity contribution in [2.75, 3.05) is 77.0 Å². The molecule has 0 aliphatic carbocycles. The first kappa shape index (κ1) is 99.0. The molecule has 114 heavy (non-hydrogen) atoms. The summed E-state index contributed by atoms with van der Waals surface area (Å²) < 4.78 is 0. The number of phenolic OH excluding ortho intramolecular Hbond substituents is 1. The van der Waals surface area contributed by atoms with Gasteiger partial charge in [-0.2, -0.15) is 24.4 Å². The van der Waals surface area contributed by atoms with E-state index in [1.807, 2.05) is 5.32 Å². The fourth-order valence-electron chi connectivity index (χ4n) is 10.1. The van der Waals surface area contributed by atoms with Gasteiger partial charge in [-0.1, -0.05) is 70.2 Å². The van der Waals surface area contributed by atoms with Gasteiger partial charge in [0.1, 0.15) is 78.3 Å². The Balaban J connectivity index is 2.33. The summed E-state index contributed by atoms with van der Waals surface area (Å²) in [6.45, 7) is -1.67. The third-order valence-corrected chi connectivity index (χ3v) is 17.3. The van der Waals surface area contributed by atoms with Crippen LogP contribution in [-0.2, 0) is 94.3 Å². The molecule has 0 radical (unpaired) electrons. The molecule has 0 bridgehead atoms. The quantitative estimate of drug-likeness (QED) is 0.0127. The van der Waals surface area contributed by atoms with E-state index in [1.165, 1.54) is 36.0 Å². The Hall–Kier alpha value is -11.0. The Morgan fingerprint density at radius 2 is 0.789 bits per heavy atom. The fraction of sp³-hybridized carbons (Fsp3) is 0.559. The molecule has 0 saturated carbocycles. The Kier molecular flexibility index (Phi) is 45.4. The molecule has 44 nitrogen and oxygen atoms in total. The minimum absolute atomic E-state index is 0.0614. The van der Waals surface area contributed by atoms with Crippen LogP contribution in [0, 0.1) is 11.8 Å². The molecule has 0 heterocycles. The first-order valence-electron chi connectivity index (χ1n) is 35.6. The van der Waals surface area contributed by atoms with Crippen LogP contribution in [-0.4, -0.2) is 298 Å². The van der Waals surface area contributed by atoms with Crippen molar-refractivity contribution < 1.29 is 117 Å². The van der Waals surface area contributed by atoms with E-state index in [1.54, 1.807) is 64.3 Å². The number of thioether (sulfide) groups is 1. The van der Waals surface area contributed by atoms with E-state index in [2.05, 4.69) is 92.1 Å². The summed E-state index contributed by atoms with van der Waals surface area (Å²) in [5.41, 5.74) is 22.9. The highest BCUT2D eigenvalue weighted by atomic mass is 32.2. The number of hydrogen-bond donors (Lipinski definition) is 27. The molecule has 2 aromatic rings. The number of amides is 16. The number of phenols is 1. The third-order valence-electron chi connectivity index (χ3n) is 16.3. The summed E-state index contributed by atoms with van der Waals surface area (Å²) in [5, 5.41) is 104. The lowest BCUT2D eigenvalue weighted by Crippen LogP contribution is -2.61. The Labute approximate surface area is 664 Å². The number of aliphatic hydroxyl groups excluding tert-OH is 5. The maximum absolute atomic E-state index is 14.4. The number of hydrogen-bond acceptors (Lipinski definition) is 27. The second kappa shape index (κ2) is 52.3. The van der Waals surface area contributed by atoms with Gasteiger partial charge in [-0.25, -0.2) is 4.79 Å². The van der Waals surface area contributed by atoms with Crippen molar-refractivity contribution in [1.82, 2.24) is 79.8 Å². The Morgan fingerprint density at radius 3 is 1.20 bits per heavy atom. The molecule has 16 amide bonds. The predicted molar refractivity (Wildman–Crippen MR) is 410 cm³/mol. The molecule has 13 atom stereocenters. The number of carboxylic acid groups (broad SMARTS) is 1. The number of aliphatic hydroxyl groups is 5. The number of benzene rings is 2. The number of nitrogens with one attached hydrogen (secondary N) is 15. The molecule has 30 N–H and O–H groups in total. The molecule has 0 saturated heterocycles. The summed E-state index contributed by atoms with van der Waals surface area (Å²) in [6.07, 6.45) is -0.531. The highest BCUT2D eigenvalue weighted by Gasteiger charge is 2.37. The molecule has 2 rings (SSSR count). The number of aliphatic carboxylic acids is 1. The van der Waals surface area contributed by atoms with Gasteiger partial charge in [0.25, 0.3) is 0 Å². The third kappa shape index (κ3) is 37.1. The first-order valence-corrected chi connectivity index (χ1v) is 37.6. The zero-order chi connectivity index (χ0) is 85.9. The average molecular weight is 1650 g/mol. The van der Waals surface area contributed by atoms with Crippen molar-refractivity contribution in [3.8, 4) is 5.75 Å². The van der Waals surface area contributed by atoms with E-state index in [0.29, 0.717) is 11.1 Å². The highest BCUT2D eigenvalue weighted by Crippen LogP contribution is 2.14. The van der Waals surface area contributed by atoms with E-state index in [0.717, 1.165) is 0 Å². The van der Waals surface area contributed by atoms with Gasteiger partial charge in [-0.15, -0.1) is 0 Å². The van der Waals surface area contributed by atoms with Gasteiger partial charge in [-0.3, -0.25) is 81.7 Å². The predicted octanol–water partition coefficient (Wildman–Crippen LogP) is -12.0. The summed E-state index contributed by atoms with van der Waals surface area (Å²) >= 11 is 5.12. The largest absolute Gasteiger partial charge is 0.508 e. The normalized spacial score (nSPS) is 14.4. The molecule has 2 aromatic carbocycles. The van der Waals surface area contributed by atoms with Gasteiger partial charge >= 0.3 is 5.97 Å². The number of guanidine groups is 1.